The van der Waals surface area contributed by atoms with E-state index in [-0.39, 0.29) is 12.8 Å². The molecule has 4 unspecified atom stereocenters. The topological polar surface area (TPSA) is 54.4 Å². The van der Waals surface area contributed by atoms with Crippen LogP contribution in [0.5, 0.6) is 0 Å². The van der Waals surface area contributed by atoms with Crippen molar-refractivity contribution in [2.75, 3.05) is 6.67 Å². The van der Waals surface area contributed by atoms with Gasteiger partial charge in [-0.25, -0.2) is 17.6 Å². The first-order valence-corrected chi connectivity index (χ1v) is 6.30. The molecule has 0 aliphatic heterocycles. The Morgan fingerprint density at radius 3 is 1.94 bits per heavy atom. The summed E-state index contributed by atoms with van der Waals surface area (Å²) < 4.78 is 91.4. The molecule has 0 amide bonds. The average Bonchev–Trinajstić information content (AvgIpc) is 2.25. The van der Waals surface area contributed by atoms with Gasteiger partial charge in [0.15, 0.2) is 12.3 Å². The standard InChI is InChI=1S/C8H13F5O3S/c9-4-2-1-3-5(10)6(11)7(12)8(13)17(14,15)16/h5-8H,1-4H2,(H,14,15,16). The van der Waals surface area contributed by atoms with Gasteiger partial charge in [-0.05, 0) is 19.3 Å². The summed E-state index contributed by atoms with van der Waals surface area (Å²) in [7, 11) is -5.41. The molecular weight excluding hydrogens is 271 g/mol. The first-order chi connectivity index (χ1) is 7.71. The molecule has 17 heavy (non-hydrogen) atoms. The van der Waals surface area contributed by atoms with Crippen molar-refractivity contribution in [3.05, 3.63) is 0 Å². The minimum atomic E-state index is -5.41. The Bertz CT molecular complexity index is 310. The molecule has 0 saturated carbocycles. The van der Waals surface area contributed by atoms with Crippen molar-refractivity contribution in [1.29, 1.82) is 0 Å². The van der Waals surface area contributed by atoms with E-state index in [4.69, 9.17) is 4.55 Å². The average molecular weight is 284 g/mol. The molecule has 9 heteroatoms. The molecule has 4 atom stereocenters. The molecule has 0 aliphatic carbocycles. The molecule has 0 rings (SSSR count). The van der Waals surface area contributed by atoms with Crippen molar-refractivity contribution in [3.8, 4) is 0 Å². The second kappa shape index (κ2) is 7.10. The van der Waals surface area contributed by atoms with Crippen molar-refractivity contribution in [2.24, 2.45) is 0 Å². The Hall–Kier alpha value is -0.440. The molecule has 104 valence electrons. The lowest BCUT2D eigenvalue weighted by Crippen LogP contribution is -2.38. The largest absolute Gasteiger partial charge is 0.300 e. The summed E-state index contributed by atoms with van der Waals surface area (Å²) >= 11 is 0. The van der Waals surface area contributed by atoms with Crippen LogP contribution in [0.15, 0.2) is 0 Å². The molecule has 0 heterocycles. The molecule has 1 N–H and O–H groups in total. The van der Waals surface area contributed by atoms with Crippen LogP contribution in [0, 0.1) is 0 Å². The summed E-state index contributed by atoms with van der Waals surface area (Å²) in [5.74, 6) is 0. The SMILES string of the molecule is O=S(=O)(O)C(F)C(F)C(F)C(F)CCCCF. The summed E-state index contributed by atoms with van der Waals surface area (Å²) in [5.41, 5.74) is -3.53. The smallest absolute Gasteiger partial charge is 0.283 e. The zero-order chi connectivity index (χ0) is 13.6. The fourth-order valence-corrected chi connectivity index (χ4v) is 1.58. The predicted molar refractivity (Wildman–Crippen MR) is 51.0 cm³/mol. The third-order valence-electron chi connectivity index (χ3n) is 2.05. The highest BCUT2D eigenvalue weighted by atomic mass is 32.2. The van der Waals surface area contributed by atoms with Gasteiger partial charge < -0.3 is 0 Å². The fourth-order valence-electron chi connectivity index (χ4n) is 1.10. The van der Waals surface area contributed by atoms with Gasteiger partial charge in [-0.3, -0.25) is 8.94 Å². The monoisotopic (exact) mass is 284 g/mol. The van der Waals surface area contributed by atoms with E-state index in [1.165, 1.54) is 0 Å². The van der Waals surface area contributed by atoms with Gasteiger partial charge in [0.25, 0.3) is 5.50 Å². The quantitative estimate of drug-likeness (QED) is 0.423. The minimum Gasteiger partial charge on any atom is -0.283 e. The van der Waals surface area contributed by atoms with Crippen LogP contribution in [-0.2, 0) is 10.1 Å². The Labute approximate surface area is 95.8 Å². The van der Waals surface area contributed by atoms with Crippen molar-refractivity contribution < 1.29 is 34.9 Å². The zero-order valence-electron chi connectivity index (χ0n) is 8.70. The van der Waals surface area contributed by atoms with Crippen LogP contribution in [0.2, 0.25) is 0 Å². The molecule has 0 aromatic heterocycles. The van der Waals surface area contributed by atoms with E-state index in [0.29, 0.717) is 0 Å². The number of alkyl halides is 5. The second-order valence-electron chi connectivity index (χ2n) is 3.46. The molecule has 0 fully saturated rings. The van der Waals surface area contributed by atoms with Crippen LogP contribution >= 0.6 is 0 Å². The maximum Gasteiger partial charge on any atom is 0.300 e. The predicted octanol–water partition coefficient (Wildman–Crippen LogP) is 2.32. The number of unbranched alkanes of at least 4 members (excludes halogenated alkanes) is 1. The molecule has 0 aromatic rings. The fraction of sp³-hybridized carbons (Fsp3) is 1.00. The first-order valence-electron chi connectivity index (χ1n) is 4.80. The summed E-state index contributed by atoms with van der Waals surface area (Å²) in [5, 5.41) is 0. The van der Waals surface area contributed by atoms with E-state index in [1.807, 2.05) is 0 Å². The van der Waals surface area contributed by atoms with Crippen molar-refractivity contribution in [3.63, 3.8) is 0 Å². The maximum absolute atomic E-state index is 12.9. The Morgan fingerprint density at radius 2 is 1.53 bits per heavy atom. The molecule has 0 saturated heterocycles. The van der Waals surface area contributed by atoms with Gasteiger partial charge in [0.05, 0.1) is 6.67 Å². The number of halogens is 5. The normalized spacial score (nSPS) is 19.6. The van der Waals surface area contributed by atoms with Gasteiger partial charge in [0.2, 0.25) is 0 Å². The van der Waals surface area contributed by atoms with Crippen LogP contribution in [0.25, 0.3) is 0 Å². The lowest BCUT2D eigenvalue weighted by atomic mass is 10.1. The van der Waals surface area contributed by atoms with Crippen LogP contribution < -0.4 is 0 Å². The van der Waals surface area contributed by atoms with Gasteiger partial charge >= 0.3 is 10.1 Å². The molecule has 0 bridgehead atoms. The van der Waals surface area contributed by atoms with Crippen molar-refractivity contribution >= 4 is 10.1 Å². The second-order valence-corrected chi connectivity index (χ2v) is 4.94. The van der Waals surface area contributed by atoms with Gasteiger partial charge in [-0.1, -0.05) is 0 Å². The Kier molecular flexibility index (Phi) is 6.91. The summed E-state index contributed by atoms with van der Waals surface area (Å²) in [4.78, 5) is 0. The lowest BCUT2D eigenvalue weighted by molar-refractivity contribution is 0.0489. The number of hydrogen-bond donors (Lipinski definition) is 1. The Morgan fingerprint density at radius 1 is 1.00 bits per heavy atom. The van der Waals surface area contributed by atoms with Crippen LogP contribution in [0.3, 0.4) is 0 Å². The minimum absolute atomic E-state index is 0.0541. The first kappa shape index (κ1) is 16.6. The van der Waals surface area contributed by atoms with Crippen LogP contribution in [0.1, 0.15) is 19.3 Å². The highest BCUT2D eigenvalue weighted by Gasteiger charge is 2.42. The van der Waals surface area contributed by atoms with E-state index in [0.717, 1.165) is 0 Å². The van der Waals surface area contributed by atoms with Gasteiger partial charge in [-0.2, -0.15) is 8.42 Å². The van der Waals surface area contributed by atoms with Gasteiger partial charge in [0, 0.05) is 0 Å². The van der Waals surface area contributed by atoms with E-state index in [1.54, 1.807) is 0 Å². The number of rotatable bonds is 8. The third kappa shape index (κ3) is 5.62. The lowest BCUT2D eigenvalue weighted by Gasteiger charge is -2.18. The molecule has 0 spiro atoms. The van der Waals surface area contributed by atoms with Crippen molar-refractivity contribution in [2.45, 2.75) is 43.3 Å². The van der Waals surface area contributed by atoms with E-state index in [9.17, 15) is 30.4 Å². The van der Waals surface area contributed by atoms with E-state index >= 15 is 0 Å². The van der Waals surface area contributed by atoms with Crippen LogP contribution in [0.4, 0.5) is 22.0 Å². The van der Waals surface area contributed by atoms with E-state index < -0.39 is 47.2 Å². The Balaban J connectivity index is 4.33. The summed E-state index contributed by atoms with van der Waals surface area (Å²) in [6.45, 7) is -0.751. The van der Waals surface area contributed by atoms with Gasteiger partial charge in [0.1, 0.15) is 6.17 Å². The highest BCUT2D eigenvalue weighted by Crippen LogP contribution is 2.23. The molecule has 3 nitrogen and oxygen atoms in total. The molecule has 0 aromatic carbocycles. The zero-order valence-corrected chi connectivity index (χ0v) is 9.52. The third-order valence-corrected chi connectivity index (χ3v) is 2.88. The molecule has 0 radical (unpaired) electrons. The van der Waals surface area contributed by atoms with Crippen LogP contribution in [-0.4, -0.2) is 43.7 Å². The maximum atomic E-state index is 12.9. The number of hydrogen-bond acceptors (Lipinski definition) is 2. The highest BCUT2D eigenvalue weighted by molar-refractivity contribution is 7.86. The molecular formula is C8H13F5O3S. The summed E-state index contributed by atoms with van der Waals surface area (Å²) in [6.07, 6.45) is -9.47. The molecule has 0 aliphatic rings. The van der Waals surface area contributed by atoms with Gasteiger partial charge in [-0.15, -0.1) is 0 Å². The summed E-state index contributed by atoms with van der Waals surface area (Å²) in [6, 6.07) is 0. The van der Waals surface area contributed by atoms with E-state index in [2.05, 4.69) is 0 Å². The van der Waals surface area contributed by atoms with Crippen molar-refractivity contribution in [1.82, 2.24) is 0 Å².